The molecule has 0 atom stereocenters. The maximum Gasteiger partial charge on any atom is 0.192 e. The molecular weight excluding hydrogens is 198 g/mol. The van der Waals surface area contributed by atoms with E-state index in [2.05, 4.69) is 18.0 Å². The van der Waals surface area contributed by atoms with Gasteiger partial charge >= 0.3 is 0 Å². The zero-order chi connectivity index (χ0) is 11.3. The number of benzene rings is 1. The molecule has 3 rings (SSSR count). The first-order valence-corrected chi connectivity index (χ1v) is 5.82. The second-order valence-electron chi connectivity index (χ2n) is 4.77. The molecule has 0 radical (unpaired) electrons. The Labute approximate surface area is 94.3 Å². The molecule has 82 valence electrons. The van der Waals surface area contributed by atoms with Crippen LogP contribution in [-0.2, 0) is 12.8 Å². The number of aromatic nitrogens is 1. The highest BCUT2D eigenvalue weighted by Gasteiger charge is 2.17. The largest absolute Gasteiger partial charge is 0.358 e. The van der Waals surface area contributed by atoms with E-state index >= 15 is 0 Å². The summed E-state index contributed by atoms with van der Waals surface area (Å²) < 4.78 is 0. The van der Waals surface area contributed by atoms with Crippen LogP contribution in [0.25, 0.3) is 10.9 Å². The van der Waals surface area contributed by atoms with Crippen molar-refractivity contribution in [3.63, 3.8) is 0 Å². The molecule has 0 aliphatic heterocycles. The van der Waals surface area contributed by atoms with Gasteiger partial charge in [0.1, 0.15) is 0 Å². The Bertz CT molecular complexity index is 637. The Balaban J connectivity index is 2.51. The molecule has 0 saturated heterocycles. The molecule has 0 unspecified atom stereocenters. The summed E-state index contributed by atoms with van der Waals surface area (Å²) in [4.78, 5) is 15.7. The van der Waals surface area contributed by atoms with Crippen LogP contribution >= 0.6 is 0 Å². The lowest BCUT2D eigenvalue weighted by molar-refractivity contribution is 0.900. The Hall–Kier alpha value is -1.57. The quantitative estimate of drug-likeness (QED) is 0.717. The summed E-state index contributed by atoms with van der Waals surface area (Å²) in [7, 11) is 0. The van der Waals surface area contributed by atoms with Crippen LogP contribution in [-0.4, -0.2) is 4.98 Å². The number of hydrogen-bond donors (Lipinski definition) is 1. The number of aromatic amines is 1. The first kappa shape index (κ1) is 9.64. The average Bonchev–Trinajstić information content (AvgIpc) is 2.68. The maximum atomic E-state index is 12.3. The zero-order valence-electron chi connectivity index (χ0n) is 9.68. The predicted octanol–water partition coefficient (Wildman–Crippen LogP) is 2.63. The molecule has 1 N–H and O–H groups in total. The lowest BCUT2D eigenvalue weighted by Crippen LogP contribution is -2.11. The van der Waals surface area contributed by atoms with Crippen molar-refractivity contribution in [1.29, 1.82) is 0 Å². The van der Waals surface area contributed by atoms with Crippen molar-refractivity contribution >= 4 is 10.9 Å². The summed E-state index contributed by atoms with van der Waals surface area (Å²) in [6.45, 7) is 4.10. The van der Waals surface area contributed by atoms with Gasteiger partial charge in [-0.25, -0.2) is 0 Å². The molecular formula is C14H15NO. The molecule has 1 aromatic heterocycles. The predicted molar refractivity (Wildman–Crippen MR) is 66.1 cm³/mol. The van der Waals surface area contributed by atoms with E-state index in [1.807, 2.05) is 13.0 Å². The molecule has 0 fully saturated rings. The van der Waals surface area contributed by atoms with Gasteiger partial charge in [-0.1, -0.05) is 6.07 Å². The van der Waals surface area contributed by atoms with Gasteiger partial charge in [0.15, 0.2) is 5.43 Å². The van der Waals surface area contributed by atoms with E-state index in [0.29, 0.717) is 0 Å². The summed E-state index contributed by atoms with van der Waals surface area (Å²) in [5, 5.41) is 0.859. The van der Waals surface area contributed by atoms with E-state index in [1.165, 1.54) is 5.56 Å². The van der Waals surface area contributed by atoms with Crippen LogP contribution in [0.1, 0.15) is 28.8 Å². The summed E-state index contributed by atoms with van der Waals surface area (Å²) in [6, 6.07) is 4.12. The minimum Gasteiger partial charge on any atom is -0.358 e. The summed E-state index contributed by atoms with van der Waals surface area (Å²) >= 11 is 0. The molecule has 0 saturated carbocycles. The fourth-order valence-corrected chi connectivity index (χ4v) is 2.76. The lowest BCUT2D eigenvalue weighted by atomic mass is 10.0. The van der Waals surface area contributed by atoms with Gasteiger partial charge < -0.3 is 4.98 Å². The Morgan fingerprint density at radius 2 is 2.00 bits per heavy atom. The highest BCUT2D eigenvalue weighted by Crippen LogP contribution is 2.22. The van der Waals surface area contributed by atoms with Crippen LogP contribution < -0.4 is 5.43 Å². The van der Waals surface area contributed by atoms with Crippen molar-refractivity contribution in [3.8, 4) is 0 Å². The van der Waals surface area contributed by atoms with Gasteiger partial charge in [-0.05, 0) is 50.3 Å². The van der Waals surface area contributed by atoms with Crippen molar-refractivity contribution in [2.75, 3.05) is 0 Å². The van der Waals surface area contributed by atoms with E-state index in [0.717, 1.165) is 47.0 Å². The van der Waals surface area contributed by atoms with Crippen LogP contribution in [0.3, 0.4) is 0 Å². The number of aryl methyl sites for hydroxylation is 3. The van der Waals surface area contributed by atoms with Gasteiger partial charge in [0, 0.05) is 16.6 Å². The van der Waals surface area contributed by atoms with Gasteiger partial charge in [0.25, 0.3) is 0 Å². The number of hydrogen-bond acceptors (Lipinski definition) is 1. The molecule has 2 nitrogen and oxygen atoms in total. The highest BCUT2D eigenvalue weighted by molar-refractivity contribution is 5.83. The van der Waals surface area contributed by atoms with Crippen LogP contribution in [0.4, 0.5) is 0 Å². The zero-order valence-corrected chi connectivity index (χ0v) is 9.68. The fourth-order valence-electron chi connectivity index (χ4n) is 2.76. The third-order valence-electron chi connectivity index (χ3n) is 3.49. The fraction of sp³-hybridized carbons (Fsp3) is 0.357. The second-order valence-corrected chi connectivity index (χ2v) is 4.77. The van der Waals surface area contributed by atoms with Gasteiger partial charge in [-0.3, -0.25) is 4.79 Å². The van der Waals surface area contributed by atoms with E-state index in [9.17, 15) is 4.79 Å². The van der Waals surface area contributed by atoms with E-state index in [-0.39, 0.29) is 5.43 Å². The second kappa shape index (κ2) is 3.21. The standard InChI is InChI=1S/C14H15NO/c1-8-6-9(2)13-11(7-8)14(16)10-4-3-5-12(10)15-13/h6-7H,3-5H2,1-2H3,(H,15,16). The van der Waals surface area contributed by atoms with Crippen LogP contribution in [0.15, 0.2) is 16.9 Å². The average molecular weight is 213 g/mol. The number of pyridine rings is 1. The number of fused-ring (bicyclic) bond motifs is 2. The van der Waals surface area contributed by atoms with Crippen molar-refractivity contribution in [2.24, 2.45) is 0 Å². The summed E-state index contributed by atoms with van der Waals surface area (Å²) in [5.74, 6) is 0. The highest BCUT2D eigenvalue weighted by atomic mass is 16.1. The van der Waals surface area contributed by atoms with E-state index < -0.39 is 0 Å². The van der Waals surface area contributed by atoms with Crippen LogP contribution in [0.5, 0.6) is 0 Å². The molecule has 1 aliphatic carbocycles. The smallest absolute Gasteiger partial charge is 0.192 e. The first-order chi connectivity index (χ1) is 7.66. The molecule has 1 aromatic carbocycles. The van der Waals surface area contributed by atoms with Crippen molar-refractivity contribution in [2.45, 2.75) is 33.1 Å². The Morgan fingerprint density at radius 1 is 1.19 bits per heavy atom. The molecule has 16 heavy (non-hydrogen) atoms. The SMILES string of the molecule is Cc1cc(C)c2[nH]c3c(c(=O)c2c1)CCC3. The maximum absolute atomic E-state index is 12.3. The summed E-state index contributed by atoms with van der Waals surface area (Å²) in [5.41, 5.74) is 5.77. The lowest BCUT2D eigenvalue weighted by Gasteiger charge is -2.07. The van der Waals surface area contributed by atoms with Gasteiger partial charge in [-0.2, -0.15) is 0 Å². The monoisotopic (exact) mass is 213 g/mol. The Morgan fingerprint density at radius 3 is 2.81 bits per heavy atom. The minimum absolute atomic E-state index is 0.244. The summed E-state index contributed by atoms with van der Waals surface area (Å²) in [6.07, 6.45) is 3.07. The molecule has 1 heterocycles. The molecule has 0 amide bonds. The first-order valence-electron chi connectivity index (χ1n) is 5.82. The topological polar surface area (TPSA) is 32.9 Å². The Kier molecular flexibility index (Phi) is 1.93. The van der Waals surface area contributed by atoms with Gasteiger partial charge in [0.2, 0.25) is 0 Å². The number of nitrogens with one attached hydrogen (secondary N) is 1. The van der Waals surface area contributed by atoms with Crippen molar-refractivity contribution in [3.05, 3.63) is 44.7 Å². The number of rotatable bonds is 0. The van der Waals surface area contributed by atoms with Gasteiger partial charge in [0.05, 0.1) is 5.52 Å². The molecule has 0 spiro atoms. The molecule has 2 aromatic rings. The molecule has 1 aliphatic rings. The number of H-pyrrole nitrogens is 1. The van der Waals surface area contributed by atoms with Crippen LogP contribution in [0.2, 0.25) is 0 Å². The van der Waals surface area contributed by atoms with Crippen LogP contribution in [0, 0.1) is 13.8 Å². The molecule has 0 bridgehead atoms. The van der Waals surface area contributed by atoms with Crippen molar-refractivity contribution in [1.82, 2.24) is 4.98 Å². The third-order valence-corrected chi connectivity index (χ3v) is 3.49. The van der Waals surface area contributed by atoms with Gasteiger partial charge in [-0.15, -0.1) is 0 Å². The normalized spacial score (nSPS) is 14.4. The van der Waals surface area contributed by atoms with E-state index in [4.69, 9.17) is 0 Å². The molecule has 2 heteroatoms. The van der Waals surface area contributed by atoms with Crippen molar-refractivity contribution < 1.29 is 0 Å². The third kappa shape index (κ3) is 1.22. The van der Waals surface area contributed by atoms with E-state index in [1.54, 1.807) is 0 Å². The minimum atomic E-state index is 0.244.